The van der Waals surface area contributed by atoms with Crippen molar-refractivity contribution in [3.8, 4) is 0 Å². The molecule has 21 heavy (non-hydrogen) atoms. The predicted octanol–water partition coefficient (Wildman–Crippen LogP) is 1.66. The molecule has 5 heteroatoms. The molecule has 0 aliphatic rings. The standard InChI is InChI=1S/C16H24N2O3/c1-3-18(12(2)11-15(19)20)16(21)14(17)10-9-13-7-5-4-6-8-13/h4-8,12,14H,3,9-11,17H2,1-2H3,(H,19,20)/t12?,14-/m0/s1. The van der Waals surface area contributed by atoms with E-state index in [0.29, 0.717) is 13.0 Å². The zero-order chi connectivity index (χ0) is 15.8. The van der Waals surface area contributed by atoms with E-state index in [9.17, 15) is 9.59 Å². The van der Waals surface area contributed by atoms with Crippen molar-refractivity contribution in [1.29, 1.82) is 0 Å². The Balaban J connectivity index is 2.56. The number of nitrogens with zero attached hydrogens (tertiary/aromatic N) is 1. The number of carbonyl (C=O) groups is 2. The van der Waals surface area contributed by atoms with Crippen LogP contribution in [0.25, 0.3) is 0 Å². The first-order valence-electron chi connectivity index (χ1n) is 7.27. The molecule has 2 atom stereocenters. The van der Waals surface area contributed by atoms with Crippen molar-refractivity contribution in [3.05, 3.63) is 35.9 Å². The minimum absolute atomic E-state index is 0.0645. The van der Waals surface area contributed by atoms with Gasteiger partial charge in [-0.15, -0.1) is 0 Å². The van der Waals surface area contributed by atoms with E-state index in [-0.39, 0.29) is 18.4 Å². The van der Waals surface area contributed by atoms with Crippen LogP contribution in [0.4, 0.5) is 0 Å². The molecule has 0 aromatic heterocycles. The molecule has 0 saturated carbocycles. The highest BCUT2D eigenvalue weighted by Gasteiger charge is 2.25. The largest absolute Gasteiger partial charge is 0.481 e. The quantitative estimate of drug-likeness (QED) is 0.763. The van der Waals surface area contributed by atoms with Crippen molar-refractivity contribution in [2.75, 3.05) is 6.54 Å². The predicted molar refractivity (Wildman–Crippen MR) is 81.8 cm³/mol. The molecule has 1 amide bonds. The van der Waals surface area contributed by atoms with Crippen LogP contribution in [-0.4, -0.2) is 40.5 Å². The molecule has 0 fully saturated rings. The van der Waals surface area contributed by atoms with Crippen molar-refractivity contribution in [3.63, 3.8) is 0 Å². The van der Waals surface area contributed by atoms with E-state index in [0.717, 1.165) is 12.0 Å². The molecule has 1 unspecified atom stereocenters. The van der Waals surface area contributed by atoms with Crippen LogP contribution >= 0.6 is 0 Å². The van der Waals surface area contributed by atoms with E-state index >= 15 is 0 Å². The first-order chi connectivity index (χ1) is 9.95. The second kappa shape index (κ2) is 8.42. The topological polar surface area (TPSA) is 83.6 Å². The summed E-state index contributed by atoms with van der Waals surface area (Å²) in [6.45, 7) is 4.03. The van der Waals surface area contributed by atoms with Gasteiger partial charge in [0.2, 0.25) is 5.91 Å². The molecule has 0 spiro atoms. The monoisotopic (exact) mass is 292 g/mol. The molecule has 1 rings (SSSR count). The van der Waals surface area contributed by atoms with E-state index < -0.39 is 12.0 Å². The highest BCUT2D eigenvalue weighted by molar-refractivity contribution is 5.82. The number of hydrogen-bond acceptors (Lipinski definition) is 3. The maximum Gasteiger partial charge on any atom is 0.305 e. The van der Waals surface area contributed by atoms with Crippen LogP contribution in [0.3, 0.4) is 0 Å². The zero-order valence-corrected chi connectivity index (χ0v) is 12.7. The number of carboxylic acid groups (broad SMARTS) is 1. The number of rotatable bonds is 8. The van der Waals surface area contributed by atoms with Gasteiger partial charge >= 0.3 is 5.97 Å². The molecule has 1 aromatic rings. The molecule has 0 aliphatic heterocycles. The van der Waals surface area contributed by atoms with Crippen molar-refractivity contribution in [2.45, 2.75) is 45.2 Å². The van der Waals surface area contributed by atoms with Crippen LogP contribution in [0, 0.1) is 0 Å². The lowest BCUT2D eigenvalue weighted by Crippen LogP contribution is -2.48. The van der Waals surface area contributed by atoms with Gasteiger partial charge < -0.3 is 15.7 Å². The molecular formula is C16H24N2O3. The molecule has 0 bridgehead atoms. The van der Waals surface area contributed by atoms with Crippen LogP contribution in [0.15, 0.2) is 30.3 Å². The Morgan fingerprint density at radius 3 is 2.43 bits per heavy atom. The second-order valence-electron chi connectivity index (χ2n) is 5.20. The number of aryl methyl sites for hydroxylation is 1. The van der Waals surface area contributed by atoms with Gasteiger partial charge in [-0.1, -0.05) is 30.3 Å². The lowest BCUT2D eigenvalue weighted by molar-refractivity contribution is -0.140. The number of likely N-dealkylation sites (N-methyl/N-ethyl adjacent to an activating group) is 1. The number of nitrogens with two attached hydrogens (primary N) is 1. The number of hydrogen-bond donors (Lipinski definition) is 2. The average molecular weight is 292 g/mol. The fourth-order valence-corrected chi connectivity index (χ4v) is 2.35. The van der Waals surface area contributed by atoms with Crippen molar-refractivity contribution in [1.82, 2.24) is 4.90 Å². The molecule has 5 nitrogen and oxygen atoms in total. The summed E-state index contributed by atoms with van der Waals surface area (Å²) in [6.07, 6.45) is 1.22. The average Bonchev–Trinajstić information content (AvgIpc) is 2.45. The van der Waals surface area contributed by atoms with Gasteiger partial charge in [0.15, 0.2) is 0 Å². The second-order valence-corrected chi connectivity index (χ2v) is 5.20. The summed E-state index contributed by atoms with van der Waals surface area (Å²) in [6, 6.07) is 8.92. The molecule has 3 N–H and O–H groups in total. The van der Waals surface area contributed by atoms with Gasteiger partial charge in [0.25, 0.3) is 0 Å². The maximum atomic E-state index is 12.3. The van der Waals surface area contributed by atoms with Gasteiger partial charge in [0.1, 0.15) is 0 Å². The zero-order valence-electron chi connectivity index (χ0n) is 12.7. The van der Waals surface area contributed by atoms with Crippen molar-refractivity contribution >= 4 is 11.9 Å². The normalized spacial score (nSPS) is 13.5. The molecule has 1 aromatic carbocycles. The van der Waals surface area contributed by atoms with Gasteiger partial charge in [-0.2, -0.15) is 0 Å². The summed E-state index contributed by atoms with van der Waals surface area (Å²) in [5.41, 5.74) is 7.11. The summed E-state index contributed by atoms with van der Waals surface area (Å²) >= 11 is 0. The lowest BCUT2D eigenvalue weighted by Gasteiger charge is -2.29. The van der Waals surface area contributed by atoms with E-state index in [1.54, 1.807) is 11.8 Å². The first kappa shape index (κ1) is 17.2. The van der Waals surface area contributed by atoms with E-state index in [1.165, 1.54) is 0 Å². The molecule has 116 valence electrons. The minimum atomic E-state index is -0.911. The Bertz CT molecular complexity index is 462. The van der Waals surface area contributed by atoms with Gasteiger partial charge in [-0.05, 0) is 32.3 Å². The fourth-order valence-electron chi connectivity index (χ4n) is 2.35. The number of amides is 1. The van der Waals surface area contributed by atoms with Crippen molar-refractivity contribution in [2.24, 2.45) is 5.73 Å². The van der Waals surface area contributed by atoms with Crippen LogP contribution < -0.4 is 5.73 Å². The van der Waals surface area contributed by atoms with Crippen LogP contribution in [-0.2, 0) is 16.0 Å². The van der Waals surface area contributed by atoms with Crippen molar-refractivity contribution < 1.29 is 14.7 Å². The van der Waals surface area contributed by atoms with E-state index in [1.807, 2.05) is 37.3 Å². The molecule has 0 heterocycles. The lowest BCUT2D eigenvalue weighted by atomic mass is 10.0. The summed E-state index contributed by atoms with van der Waals surface area (Å²) < 4.78 is 0. The van der Waals surface area contributed by atoms with Gasteiger partial charge in [-0.25, -0.2) is 0 Å². The number of aliphatic carboxylic acids is 1. The Morgan fingerprint density at radius 1 is 1.29 bits per heavy atom. The summed E-state index contributed by atoms with van der Waals surface area (Å²) in [4.78, 5) is 24.6. The Labute approximate surface area is 125 Å². The third kappa shape index (κ3) is 5.55. The Kier molecular flexibility index (Phi) is 6.88. The molecule has 0 aliphatic carbocycles. The van der Waals surface area contributed by atoms with Crippen LogP contribution in [0.5, 0.6) is 0 Å². The summed E-state index contributed by atoms with van der Waals surface area (Å²) in [5, 5.41) is 8.83. The number of carboxylic acids is 1. The van der Waals surface area contributed by atoms with Gasteiger partial charge in [0.05, 0.1) is 12.5 Å². The van der Waals surface area contributed by atoms with Gasteiger partial charge in [0, 0.05) is 12.6 Å². The highest BCUT2D eigenvalue weighted by atomic mass is 16.4. The molecule has 0 saturated heterocycles. The molecule has 0 radical (unpaired) electrons. The minimum Gasteiger partial charge on any atom is -0.481 e. The van der Waals surface area contributed by atoms with Gasteiger partial charge in [-0.3, -0.25) is 9.59 Å². The SMILES string of the molecule is CCN(C(=O)[C@@H](N)CCc1ccccc1)C(C)CC(=O)O. The fraction of sp³-hybridized carbons (Fsp3) is 0.500. The molecular weight excluding hydrogens is 268 g/mol. The Morgan fingerprint density at radius 2 is 1.90 bits per heavy atom. The third-order valence-electron chi connectivity index (χ3n) is 3.53. The van der Waals surface area contributed by atoms with E-state index in [2.05, 4.69) is 0 Å². The van der Waals surface area contributed by atoms with Crippen LogP contribution in [0.2, 0.25) is 0 Å². The first-order valence-corrected chi connectivity index (χ1v) is 7.27. The Hall–Kier alpha value is -1.88. The van der Waals surface area contributed by atoms with Crippen LogP contribution in [0.1, 0.15) is 32.3 Å². The summed E-state index contributed by atoms with van der Waals surface area (Å²) in [7, 11) is 0. The highest BCUT2D eigenvalue weighted by Crippen LogP contribution is 2.10. The smallest absolute Gasteiger partial charge is 0.305 e. The van der Waals surface area contributed by atoms with E-state index in [4.69, 9.17) is 10.8 Å². The third-order valence-corrected chi connectivity index (χ3v) is 3.53. The number of carbonyl (C=O) groups excluding carboxylic acids is 1. The summed E-state index contributed by atoms with van der Waals surface area (Å²) in [5.74, 6) is -1.09. The number of benzene rings is 1. The maximum absolute atomic E-state index is 12.3.